The molecule has 4 nitrogen and oxygen atoms in total. The van der Waals surface area contributed by atoms with Crippen molar-refractivity contribution in [3.63, 3.8) is 0 Å². The predicted octanol–water partition coefficient (Wildman–Crippen LogP) is 1.80. The lowest BCUT2D eigenvalue weighted by molar-refractivity contribution is 0.709. The van der Waals surface area contributed by atoms with Gasteiger partial charge in [0.15, 0.2) is 0 Å². The highest BCUT2D eigenvalue weighted by atomic mass is 32.1. The smallest absolute Gasteiger partial charge is 0.122 e. The first kappa shape index (κ1) is 11.3. The van der Waals surface area contributed by atoms with Crippen molar-refractivity contribution in [2.75, 3.05) is 0 Å². The molecule has 0 saturated heterocycles. The van der Waals surface area contributed by atoms with Crippen LogP contribution in [0.1, 0.15) is 29.9 Å². The molecule has 0 aromatic carbocycles. The fourth-order valence-corrected chi connectivity index (χ4v) is 2.49. The van der Waals surface area contributed by atoms with Crippen LogP contribution in [-0.2, 0) is 19.5 Å². The van der Waals surface area contributed by atoms with E-state index in [1.54, 1.807) is 17.5 Å². The lowest BCUT2D eigenvalue weighted by Crippen LogP contribution is -2.09. The normalized spacial score (nSPS) is 10.9. The Morgan fingerprint density at radius 2 is 2.38 bits per heavy atom. The quantitative estimate of drug-likeness (QED) is 0.861. The third-order valence-electron chi connectivity index (χ3n) is 2.38. The van der Waals surface area contributed by atoms with Gasteiger partial charge >= 0.3 is 0 Å². The molecule has 0 bridgehead atoms. The Kier molecular flexibility index (Phi) is 3.69. The zero-order valence-corrected chi connectivity index (χ0v) is 10.2. The van der Waals surface area contributed by atoms with Crippen LogP contribution >= 0.6 is 11.3 Å². The second-order valence-electron chi connectivity index (χ2n) is 3.66. The lowest BCUT2D eigenvalue weighted by Gasteiger charge is -2.03. The minimum atomic E-state index is 0.471. The maximum Gasteiger partial charge on any atom is 0.122 e. The van der Waals surface area contributed by atoms with Gasteiger partial charge < -0.3 is 10.3 Å². The highest BCUT2D eigenvalue weighted by molar-refractivity contribution is 7.09. The third kappa shape index (κ3) is 2.48. The van der Waals surface area contributed by atoms with Crippen LogP contribution in [0.25, 0.3) is 0 Å². The van der Waals surface area contributed by atoms with E-state index in [1.807, 2.05) is 10.8 Å². The molecule has 0 radical (unpaired) electrons. The van der Waals surface area contributed by atoms with Gasteiger partial charge in [-0.15, -0.1) is 11.3 Å². The summed E-state index contributed by atoms with van der Waals surface area (Å²) in [7, 11) is 0. The van der Waals surface area contributed by atoms with E-state index in [1.165, 1.54) is 5.01 Å². The van der Waals surface area contributed by atoms with E-state index < -0.39 is 0 Å². The van der Waals surface area contributed by atoms with Crippen LogP contribution in [0.2, 0.25) is 0 Å². The average molecular weight is 236 g/mol. The molecule has 0 atom stereocenters. The van der Waals surface area contributed by atoms with E-state index in [-0.39, 0.29) is 0 Å². The van der Waals surface area contributed by atoms with Gasteiger partial charge in [-0.2, -0.15) is 0 Å². The van der Waals surface area contributed by atoms with Crippen LogP contribution in [0.4, 0.5) is 0 Å². The van der Waals surface area contributed by atoms with Gasteiger partial charge in [-0.05, 0) is 12.8 Å². The molecule has 2 N–H and O–H groups in total. The van der Waals surface area contributed by atoms with Gasteiger partial charge in [0.05, 0.1) is 23.8 Å². The van der Waals surface area contributed by atoms with E-state index >= 15 is 0 Å². The standard InChI is InChI=1S/C11H16N4S/c1-2-3-11-14-9(8-16-11)7-15-5-4-13-10(15)6-12/h4-5,8H,2-3,6-7,12H2,1H3. The summed E-state index contributed by atoms with van der Waals surface area (Å²) >= 11 is 1.73. The Balaban J connectivity index is 2.08. The summed E-state index contributed by atoms with van der Waals surface area (Å²) in [5, 5.41) is 3.33. The second-order valence-corrected chi connectivity index (χ2v) is 4.60. The maximum absolute atomic E-state index is 5.60. The fourth-order valence-electron chi connectivity index (χ4n) is 1.60. The summed E-state index contributed by atoms with van der Waals surface area (Å²) in [6.07, 6.45) is 5.94. The fraction of sp³-hybridized carbons (Fsp3) is 0.455. The number of hydrogen-bond acceptors (Lipinski definition) is 4. The van der Waals surface area contributed by atoms with Gasteiger partial charge in [0.2, 0.25) is 0 Å². The number of rotatable bonds is 5. The first-order valence-corrected chi connectivity index (χ1v) is 6.34. The van der Waals surface area contributed by atoms with E-state index in [0.717, 1.165) is 30.9 Å². The molecular weight excluding hydrogens is 220 g/mol. The van der Waals surface area contributed by atoms with Crippen molar-refractivity contribution < 1.29 is 0 Å². The van der Waals surface area contributed by atoms with E-state index in [4.69, 9.17) is 5.73 Å². The molecule has 0 spiro atoms. The van der Waals surface area contributed by atoms with Gasteiger partial charge in [0.1, 0.15) is 5.82 Å². The summed E-state index contributed by atoms with van der Waals surface area (Å²) in [6, 6.07) is 0. The summed E-state index contributed by atoms with van der Waals surface area (Å²) in [4.78, 5) is 8.77. The Bertz CT molecular complexity index is 446. The van der Waals surface area contributed by atoms with Gasteiger partial charge in [0, 0.05) is 17.8 Å². The van der Waals surface area contributed by atoms with E-state index in [9.17, 15) is 0 Å². The monoisotopic (exact) mass is 236 g/mol. The molecular formula is C11H16N4S. The molecule has 0 fully saturated rings. The molecule has 0 aliphatic rings. The maximum atomic E-state index is 5.60. The number of imidazole rings is 1. The Morgan fingerprint density at radius 1 is 1.50 bits per heavy atom. The summed E-state index contributed by atoms with van der Waals surface area (Å²) in [5.74, 6) is 0.907. The van der Waals surface area contributed by atoms with Crippen LogP contribution in [0, 0.1) is 0 Å². The molecule has 0 aliphatic heterocycles. The minimum Gasteiger partial charge on any atom is -0.328 e. The molecule has 16 heavy (non-hydrogen) atoms. The molecule has 2 rings (SSSR count). The summed E-state index contributed by atoms with van der Waals surface area (Å²) < 4.78 is 2.05. The molecule has 0 aliphatic carbocycles. The highest BCUT2D eigenvalue weighted by Crippen LogP contribution is 2.13. The minimum absolute atomic E-state index is 0.471. The van der Waals surface area contributed by atoms with Gasteiger partial charge in [-0.1, -0.05) is 6.92 Å². The van der Waals surface area contributed by atoms with Gasteiger partial charge in [-0.3, -0.25) is 0 Å². The molecule has 2 aromatic heterocycles. The van der Waals surface area contributed by atoms with Crippen molar-refractivity contribution in [3.05, 3.63) is 34.3 Å². The summed E-state index contributed by atoms with van der Waals surface area (Å²) in [5.41, 5.74) is 6.70. The third-order valence-corrected chi connectivity index (χ3v) is 3.34. The largest absolute Gasteiger partial charge is 0.328 e. The van der Waals surface area contributed by atoms with Crippen LogP contribution < -0.4 is 5.73 Å². The highest BCUT2D eigenvalue weighted by Gasteiger charge is 2.05. The Morgan fingerprint density at radius 3 is 3.12 bits per heavy atom. The second kappa shape index (κ2) is 5.23. The van der Waals surface area contributed by atoms with Crippen LogP contribution in [0.15, 0.2) is 17.8 Å². The number of nitrogens with zero attached hydrogens (tertiary/aromatic N) is 3. The van der Waals surface area contributed by atoms with E-state index in [0.29, 0.717) is 6.54 Å². The number of hydrogen-bond donors (Lipinski definition) is 1. The van der Waals surface area contributed by atoms with Crippen LogP contribution in [-0.4, -0.2) is 14.5 Å². The molecule has 0 amide bonds. The molecule has 0 saturated carbocycles. The Hall–Kier alpha value is -1.20. The Labute approximate surface area is 99.2 Å². The lowest BCUT2D eigenvalue weighted by atomic mass is 10.3. The average Bonchev–Trinajstić information content (AvgIpc) is 2.89. The van der Waals surface area contributed by atoms with Crippen molar-refractivity contribution in [2.24, 2.45) is 5.73 Å². The van der Waals surface area contributed by atoms with Crippen molar-refractivity contribution >= 4 is 11.3 Å². The van der Waals surface area contributed by atoms with Crippen molar-refractivity contribution in [1.29, 1.82) is 0 Å². The number of aromatic nitrogens is 3. The number of aryl methyl sites for hydroxylation is 1. The van der Waals surface area contributed by atoms with Gasteiger partial charge in [-0.25, -0.2) is 9.97 Å². The predicted molar refractivity (Wildman–Crippen MR) is 65.3 cm³/mol. The number of nitrogens with two attached hydrogens (primary N) is 1. The van der Waals surface area contributed by atoms with Crippen LogP contribution in [0.5, 0.6) is 0 Å². The zero-order valence-electron chi connectivity index (χ0n) is 9.39. The topological polar surface area (TPSA) is 56.7 Å². The first-order valence-electron chi connectivity index (χ1n) is 5.46. The summed E-state index contributed by atoms with van der Waals surface area (Å²) in [6.45, 7) is 3.41. The molecule has 86 valence electrons. The first-order chi connectivity index (χ1) is 7.83. The van der Waals surface area contributed by atoms with E-state index in [2.05, 4.69) is 22.3 Å². The van der Waals surface area contributed by atoms with Crippen molar-refractivity contribution in [1.82, 2.24) is 14.5 Å². The molecule has 2 aromatic rings. The zero-order chi connectivity index (χ0) is 11.4. The molecule has 0 unspecified atom stereocenters. The molecule has 5 heteroatoms. The SMILES string of the molecule is CCCc1nc(Cn2ccnc2CN)cs1. The van der Waals surface area contributed by atoms with Gasteiger partial charge in [0.25, 0.3) is 0 Å². The molecule has 2 heterocycles. The van der Waals surface area contributed by atoms with Crippen molar-refractivity contribution in [2.45, 2.75) is 32.9 Å². The number of thiazole rings is 1. The van der Waals surface area contributed by atoms with Crippen LogP contribution in [0.3, 0.4) is 0 Å². The van der Waals surface area contributed by atoms with Crippen molar-refractivity contribution in [3.8, 4) is 0 Å².